The summed E-state index contributed by atoms with van der Waals surface area (Å²) in [5, 5.41) is 0. The molecule has 21 heavy (non-hydrogen) atoms. The van der Waals surface area contributed by atoms with Gasteiger partial charge >= 0.3 is 0 Å². The average Bonchev–Trinajstić information content (AvgIpc) is 2.46. The number of hydrogen-bond donors (Lipinski definition) is 0. The van der Waals surface area contributed by atoms with Crippen molar-refractivity contribution in [3.63, 3.8) is 0 Å². The lowest BCUT2D eigenvalue weighted by Crippen LogP contribution is -2.22. The van der Waals surface area contributed by atoms with E-state index in [0.29, 0.717) is 18.8 Å². The highest BCUT2D eigenvalue weighted by molar-refractivity contribution is 6.01. The first kappa shape index (κ1) is 15.9. The van der Waals surface area contributed by atoms with Crippen LogP contribution >= 0.6 is 0 Å². The van der Waals surface area contributed by atoms with Crippen LogP contribution in [0.4, 0.5) is 0 Å². The summed E-state index contributed by atoms with van der Waals surface area (Å²) in [5.41, 5.74) is 2.81. The van der Waals surface area contributed by atoms with E-state index < -0.39 is 0 Å². The van der Waals surface area contributed by atoms with Gasteiger partial charge in [0.2, 0.25) is 0 Å². The lowest BCUT2D eigenvalue weighted by Gasteiger charge is -2.19. The molecular formula is C19H26O2. The van der Waals surface area contributed by atoms with Gasteiger partial charge in [-0.25, -0.2) is 0 Å². The first-order chi connectivity index (χ1) is 10.2. The van der Waals surface area contributed by atoms with Gasteiger partial charge < -0.3 is 0 Å². The summed E-state index contributed by atoms with van der Waals surface area (Å²) in [6.45, 7) is 2.18. The van der Waals surface area contributed by atoms with Crippen molar-refractivity contribution in [1.29, 1.82) is 0 Å². The SMILES string of the molecule is CCc1ccc(CCCCCC2CC(=O)CC(=O)C2)cc1. The molecule has 2 heteroatoms. The van der Waals surface area contributed by atoms with Gasteiger partial charge in [-0.05, 0) is 42.7 Å². The van der Waals surface area contributed by atoms with E-state index in [1.165, 1.54) is 24.0 Å². The van der Waals surface area contributed by atoms with E-state index in [9.17, 15) is 9.59 Å². The third kappa shape index (κ3) is 5.45. The number of benzene rings is 1. The summed E-state index contributed by atoms with van der Waals surface area (Å²) in [6, 6.07) is 8.90. The fraction of sp³-hybridized carbons (Fsp3) is 0.579. The van der Waals surface area contributed by atoms with Gasteiger partial charge in [-0.1, -0.05) is 44.0 Å². The highest BCUT2D eigenvalue weighted by Crippen LogP contribution is 2.24. The van der Waals surface area contributed by atoms with Crippen LogP contribution < -0.4 is 0 Å². The monoisotopic (exact) mass is 286 g/mol. The third-order valence-corrected chi connectivity index (χ3v) is 4.44. The van der Waals surface area contributed by atoms with E-state index in [1.807, 2.05) is 0 Å². The Hall–Kier alpha value is -1.44. The average molecular weight is 286 g/mol. The van der Waals surface area contributed by atoms with E-state index in [-0.39, 0.29) is 18.0 Å². The predicted molar refractivity (Wildman–Crippen MR) is 85.3 cm³/mol. The van der Waals surface area contributed by atoms with Crippen LogP contribution in [0, 0.1) is 5.92 Å². The Morgan fingerprint density at radius 1 is 0.905 bits per heavy atom. The minimum absolute atomic E-state index is 0.146. The van der Waals surface area contributed by atoms with Crippen LogP contribution in [0.5, 0.6) is 0 Å². The summed E-state index contributed by atoms with van der Waals surface area (Å²) in [7, 11) is 0. The maximum absolute atomic E-state index is 11.4. The molecule has 0 radical (unpaired) electrons. The predicted octanol–water partition coefficient (Wildman–Crippen LogP) is 4.29. The maximum atomic E-state index is 11.4. The lowest BCUT2D eigenvalue weighted by molar-refractivity contribution is -0.131. The molecule has 0 saturated heterocycles. The van der Waals surface area contributed by atoms with Crippen LogP contribution in [0.3, 0.4) is 0 Å². The van der Waals surface area contributed by atoms with E-state index in [1.54, 1.807) is 0 Å². The molecular weight excluding hydrogens is 260 g/mol. The fourth-order valence-electron chi connectivity index (χ4n) is 3.17. The van der Waals surface area contributed by atoms with Crippen LogP contribution in [0.25, 0.3) is 0 Å². The van der Waals surface area contributed by atoms with Crippen molar-refractivity contribution in [2.45, 2.75) is 64.7 Å². The molecule has 0 aliphatic heterocycles. The molecule has 0 N–H and O–H groups in total. The second kappa shape index (κ2) is 8.11. The molecule has 2 rings (SSSR count). The molecule has 0 bridgehead atoms. The first-order valence-corrected chi connectivity index (χ1v) is 8.28. The van der Waals surface area contributed by atoms with Crippen LogP contribution in [-0.4, -0.2) is 11.6 Å². The number of aryl methyl sites for hydroxylation is 2. The topological polar surface area (TPSA) is 34.1 Å². The molecule has 1 aliphatic carbocycles. The smallest absolute Gasteiger partial charge is 0.140 e. The summed E-state index contributed by atoms with van der Waals surface area (Å²) >= 11 is 0. The molecule has 1 aliphatic rings. The zero-order valence-corrected chi connectivity index (χ0v) is 13.1. The van der Waals surface area contributed by atoms with Crippen LogP contribution in [-0.2, 0) is 22.4 Å². The van der Waals surface area contributed by atoms with Gasteiger partial charge in [-0.2, -0.15) is 0 Å². The zero-order valence-electron chi connectivity index (χ0n) is 13.1. The molecule has 1 aromatic rings. The molecule has 0 heterocycles. The number of ketones is 2. The molecule has 0 spiro atoms. The largest absolute Gasteiger partial charge is 0.299 e. The highest BCUT2D eigenvalue weighted by Gasteiger charge is 2.24. The molecule has 1 aromatic carbocycles. The quantitative estimate of drug-likeness (QED) is 0.553. The summed E-state index contributed by atoms with van der Waals surface area (Å²) in [6.07, 6.45) is 8.23. The van der Waals surface area contributed by atoms with E-state index in [2.05, 4.69) is 31.2 Å². The number of Topliss-reactive ketones (excluding diaryl/α,β-unsaturated/α-hetero) is 2. The second-order valence-corrected chi connectivity index (χ2v) is 6.30. The molecule has 2 nitrogen and oxygen atoms in total. The zero-order chi connectivity index (χ0) is 15.1. The van der Waals surface area contributed by atoms with Gasteiger partial charge in [0.1, 0.15) is 11.6 Å². The molecule has 0 aromatic heterocycles. The fourth-order valence-corrected chi connectivity index (χ4v) is 3.17. The summed E-state index contributed by atoms with van der Waals surface area (Å²) in [4.78, 5) is 22.8. The van der Waals surface area contributed by atoms with Crippen molar-refractivity contribution in [2.75, 3.05) is 0 Å². The van der Waals surface area contributed by atoms with Crippen molar-refractivity contribution in [3.05, 3.63) is 35.4 Å². The van der Waals surface area contributed by atoms with Crippen molar-refractivity contribution >= 4 is 11.6 Å². The second-order valence-electron chi connectivity index (χ2n) is 6.30. The minimum Gasteiger partial charge on any atom is -0.299 e. The standard InChI is InChI=1S/C19H26O2/c1-2-15-8-10-16(11-9-15)6-4-3-5-7-17-12-18(20)14-19(21)13-17/h8-11,17H,2-7,12-14H2,1H3. The molecule has 1 fully saturated rings. The number of unbranched alkanes of at least 4 members (excludes halogenated alkanes) is 2. The Bertz CT molecular complexity index is 457. The van der Waals surface area contributed by atoms with Crippen molar-refractivity contribution < 1.29 is 9.59 Å². The number of carbonyl (C=O) groups is 2. The molecule has 114 valence electrons. The Morgan fingerprint density at radius 2 is 1.52 bits per heavy atom. The molecule has 0 unspecified atom stereocenters. The van der Waals surface area contributed by atoms with Crippen molar-refractivity contribution in [2.24, 2.45) is 5.92 Å². The molecule has 0 amide bonds. The van der Waals surface area contributed by atoms with Gasteiger partial charge in [-0.15, -0.1) is 0 Å². The van der Waals surface area contributed by atoms with Crippen molar-refractivity contribution in [1.82, 2.24) is 0 Å². The maximum Gasteiger partial charge on any atom is 0.140 e. The van der Waals surface area contributed by atoms with Gasteiger partial charge in [0, 0.05) is 12.8 Å². The normalized spacial score (nSPS) is 16.4. The van der Waals surface area contributed by atoms with E-state index in [0.717, 1.165) is 25.7 Å². The summed E-state index contributed by atoms with van der Waals surface area (Å²) < 4.78 is 0. The Labute approximate surface area is 127 Å². The van der Waals surface area contributed by atoms with Crippen LogP contribution in [0.1, 0.15) is 63.0 Å². The third-order valence-electron chi connectivity index (χ3n) is 4.44. The number of carbonyl (C=O) groups excluding carboxylic acids is 2. The Kier molecular flexibility index (Phi) is 6.16. The van der Waals surface area contributed by atoms with Crippen molar-refractivity contribution in [3.8, 4) is 0 Å². The van der Waals surface area contributed by atoms with Crippen LogP contribution in [0.2, 0.25) is 0 Å². The molecule has 0 atom stereocenters. The lowest BCUT2D eigenvalue weighted by atomic mass is 9.84. The van der Waals surface area contributed by atoms with E-state index in [4.69, 9.17) is 0 Å². The highest BCUT2D eigenvalue weighted by atomic mass is 16.1. The van der Waals surface area contributed by atoms with Gasteiger partial charge in [0.25, 0.3) is 0 Å². The number of hydrogen-bond acceptors (Lipinski definition) is 2. The van der Waals surface area contributed by atoms with Gasteiger partial charge in [-0.3, -0.25) is 9.59 Å². The van der Waals surface area contributed by atoms with Crippen LogP contribution in [0.15, 0.2) is 24.3 Å². The van der Waals surface area contributed by atoms with Gasteiger partial charge in [0.05, 0.1) is 6.42 Å². The Balaban J connectivity index is 1.61. The Morgan fingerprint density at radius 3 is 2.14 bits per heavy atom. The van der Waals surface area contributed by atoms with Gasteiger partial charge in [0.15, 0.2) is 0 Å². The molecule has 1 saturated carbocycles. The minimum atomic E-state index is 0.146. The first-order valence-electron chi connectivity index (χ1n) is 8.28. The number of rotatable bonds is 7. The van der Waals surface area contributed by atoms with E-state index >= 15 is 0 Å². The summed E-state index contributed by atoms with van der Waals surface area (Å²) in [5.74, 6) is 0.613.